The summed E-state index contributed by atoms with van der Waals surface area (Å²) in [6, 6.07) is 6.02. The van der Waals surface area contributed by atoms with Gasteiger partial charge in [0.1, 0.15) is 18.1 Å². The van der Waals surface area contributed by atoms with Crippen molar-refractivity contribution in [1.82, 2.24) is 4.90 Å². The van der Waals surface area contributed by atoms with E-state index in [1.54, 1.807) is 6.07 Å². The van der Waals surface area contributed by atoms with Gasteiger partial charge in [0.05, 0.1) is 0 Å². The topological polar surface area (TPSA) is 38.8 Å². The van der Waals surface area contributed by atoms with Gasteiger partial charge in [-0.3, -0.25) is 9.69 Å². The minimum atomic E-state index is -0.290. The zero-order valence-corrected chi connectivity index (χ0v) is 13.2. The van der Waals surface area contributed by atoms with Crippen molar-refractivity contribution in [2.45, 2.75) is 46.1 Å². The molecule has 116 valence electrons. The summed E-state index contributed by atoms with van der Waals surface area (Å²) in [6.45, 7) is 8.77. The van der Waals surface area contributed by atoms with Crippen LogP contribution < -0.4 is 9.47 Å². The number of esters is 1. The molecule has 1 aromatic carbocycles. The van der Waals surface area contributed by atoms with Gasteiger partial charge in [-0.2, -0.15) is 0 Å². The molecule has 1 aliphatic rings. The molecule has 0 N–H and O–H groups in total. The lowest BCUT2D eigenvalue weighted by Crippen LogP contribution is -2.43. The summed E-state index contributed by atoms with van der Waals surface area (Å²) >= 11 is 0. The van der Waals surface area contributed by atoms with Gasteiger partial charge in [-0.25, -0.2) is 0 Å². The molecule has 0 amide bonds. The summed E-state index contributed by atoms with van der Waals surface area (Å²) in [4.78, 5) is 13.6. The number of benzene rings is 1. The van der Waals surface area contributed by atoms with Crippen LogP contribution in [0.4, 0.5) is 0 Å². The number of nitrogens with zero attached hydrogens (tertiary/aromatic N) is 1. The molecule has 21 heavy (non-hydrogen) atoms. The molecule has 4 heteroatoms. The zero-order chi connectivity index (χ0) is 15.2. The molecule has 4 nitrogen and oxygen atoms in total. The molecule has 2 rings (SSSR count). The lowest BCUT2D eigenvalue weighted by Gasteiger charge is -2.35. The minimum absolute atomic E-state index is 0.290. The van der Waals surface area contributed by atoms with Crippen molar-refractivity contribution in [2.24, 2.45) is 0 Å². The molecular formula is C17H25NO3. The van der Waals surface area contributed by atoms with E-state index in [2.05, 4.69) is 18.7 Å². The van der Waals surface area contributed by atoms with Gasteiger partial charge in [-0.1, -0.05) is 13.8 Å². The highest BCUT2D eigenvalue weighted by molar-refractivity contribution is 5.69. The second-order valence-corrected chi connectivity index (χ2v) is 5.57. The van der Waals surface area contributed by atoms with Crippen molar-refractivity contribution in [3.63, 3.8) is 0 Å². The smallest absolute Gasteiger partial charge is 0.308 e. The lowest BCUT2D eigenvalue weighted by molar-refractivity contribution is -0.131. The Kier molecular flexibility index (Phi) is 5.62. The second kappa shape index (κ2) is 7.46. The number of hydrogen-bond donors (Lipinski definition) is 0. The fraction of sp³-hybridized carbons (Fsp3) is 0.588. The fourth-order valence-corrected chi connectivity index (χ4v) is 2.87. The van der Waals surface area contributed by atoms with E-state index < -0.39 is 0 Å². The van der Waals surface area contributed by atoms with Crippen LogP contribution in [0.1, 0.15) is 39.2 Å². The molecular weight excluding hydrogens is 266 g/mol. The number of carbonyl (C=O) groups excluding carboxylic acids is 1. The summed E-state index contributed by atoms with van der Waals surface area (Å²) in [6.07, 6.45) is 3.25. The van der Waals surface area contributed by atoms with E-state index in [0.29, 0.717) is 11.8 Å². The number of carbonyl (C=O) groups is 1. The highest BCUT2D eigenvalue weighted by atomic mass is 16.5. The van der Waals surface area contributed by atoms with Crippen LogP contribution in [-0.4, -0.2) is 36.6 Å². The van der Waals surface area contributed by atoms with Gasteiger partial charge in [0.25, 0.3) is 0 Å². The summed E-state index contributed by atoms with van der Waals surface area (Å²) in [5.41, 5.74) is 1.13. The monoisotopic (exact) mass is 291 g/mol. The minimum Gasteiger partial charge on any atom is -0.492 e. The Morgan fingerprint density at radius 2 is 2.05 bits per heavy atom. The van der Waals surface area contributed by atoms with E-state index >= 15 is 0 Å². The molecule has 1 aliphatic heterocycles. The molecule has 1 aromatic rings. The average molecular weight is 291 g/mol. The molecule has 0 aliphatic carbocycles. The highest BCUT2D eigenvalue weighted by Gasteiger charge is 2.25. The first-order chi connectivity index (χ1) is 10.1. The summed E-state index contributed by atoms with van der Waals surface area (Å²) in [7, 11) is 0. The first kappa shape index (κ1) is 15.8. The SMILES string of the molecule is CCCN(CCC)C1COc2ccc(OC(C)=O)cc2C1. The van der Waals surface area contributed by atoms with E-state index in [1.165, 1.54) is 6.92 Å². The van der Waals surface area contributed by atoms with Gasteiger partial charge < -0.3 is 9.47 Å². The van der Waals surface area contributed by atoms with E-state index in [-0.39, 0.29) is 5.97 Å². The standard InChI is InChI=1S/C17H25NO3/c1-4-8-18(9-5-2)15-10-14-11-16(21-13(3)19)6-7-17(14)20-12-15/h6-7,11,15H,4-5,8-10,12H2,1-3H3. The molecule has 0 saturated carbocycles. The van der Waals surface area contributed by atoms with Crippen molar-refractivity contribution in [1.29, 1.82) is 0 Å². The summed E-state index contributed by atoms with van der Waals surface area (Å²) in [5.74, 6) is 1.22. The van der Waals surface area contributed by atoms with E-state index in [9.17, 15) is 4.79 Å². The normalized spacial score (nSPS) is 17.2. The Balaban J connectivity index is 2.11. The number of rotatable bonds is 6. The Hall–Kier alpha value is -1.55. The number of fused-ring (bicyclic) bond motifs is 1. The van der Waals surface area contributed by atoms with Crippen molar-refractivity contribution in [2.75, 3.05) is 19.7 Å². The molecule has 0 fully saturated rings. The van der Waals surface area contributed by atoms with E-state index in [4.69, 9.17) is 9.47 Å². The number of hydrogen-bond acceptors (Lipinski definition) is 4. The molecule has 0 radical (unpaired) electrons. The Labute approximate surface area is 127 Å². The average Bonchev–Trinajstić information content (AvgIpc) is 2.45. The predicted molar refractivity (Wildman–Crippen MR) is 82.9 cm³/mol. The Morgan fingerprint density at radius 1 is 1.33 bits per heavy atom. The summed E-state index contributed by atoms with van der Waals surface area (Å²) < 4.78 is 11.1. The maximum absolute atomic E-state index is 11.1. The van der Waals surface area contributed by atoms with Gasteiger partial charge >= 0.3 is 5.97 Å². The van der Waals surface area contributed by atoms with Crippen molar-refractivity contribution >= 4 is 5.97 Å². The van der Waals surface area contributed by atoms with E-state index in [0.717, 1.165) is 50.3 Å². The third kappa shape index (κ3) is 4.21. The molecule has 1 unspecified atom stereocenters. The molecule has 1 atom stereocenters. The van der Waals surface area contributed by atoms with Gasteiger partial charge in [0.2, 0.25) is 0 Å². The van der Waals surface area contributed by atoms with Crippen LogP contribution in [0.3, 0.4) is 0 Å². The van der Waals surface area contributed by atoms with E-state index in [1.807, 2.05) is 12.1 Å². The van der Waals surface area contributed by atoms with Crippen LogP contribution in [0, 0.1) is 0 Å². The van der Waals surface area contributed by atoms with Crippen molar-refractivity contribution in [3.05, 3.63) is 23.8 Å². The van der Waals surface area contributed by atoms with Crippen LogP contribution in [0.15, 0.2) is 18.2 Å². The largest absolute Gasteiger partial charge is 0.492 e. The van der Waals surface area contributed by atoms with Crippen LogP contribution in [0.25, 0.3) is 0 Å². The van der Waals surface area contributed by atoms with Gasteiger partial charge in [-0.15, -0.1) is 0 Å². The maximum Gasteiger partial charge on any atom is 0.308 e. The quantitative estimate of drug-likeness (QED) is 0.596. The molecule has 1 heterocycles. The van der Waals surface area contributed by atoms with Crippen LogP contribution in [0.5, 0.6) is 11.5 Å². The summed E-state index contributed by atoms with van der Waals surface area (Å²) in [5, 5.41) is 0. The third-order valence-electron chi connectivity index (χ3n) is 3.72. The lowest BCUT2D eigenvalue weighted by atomic mass is 10.0. The second-order valence-electron chi connectivity index (χ2n) is 5.57. The third-order valence-corrected chi connectivity index (χ3v) is 3.72. The van der Waals surface area contributed by atoms with Gasteiger partial charge in [0.15, 0.2) is 0 Å². The zero-order valence-electron chi connectivity index (χ0n) is 13.2. The first-order valence-corrected chi connectivity index (χ1v) is 7.82. The van der Waals surface area contributed by atoms with Crippen LogP contribution in [0.2, 0.25) is 0 Å². The predicted octanol–water partition coefficient (Wildman–Crippen LogP) is 3.04. The molecule has 0 spiro atoms. The highest BCUT2D eigenvalue weighted by Crippen LogP contribution is 2.30. The number of ether oxygens (including phenoxy) is 2. The molecule has 0 bridgehead atoms. The maximum atomic E-state index is 11.1. The molecule has 0 saturated heterocycles. The van der Waals surface area contributed by atoms with Gasteiger partial charge in [-0.05, 0) is 56.1 Å². The Bertz CT molecular complexity index is 481. The van der Waals surface area contributed by atoms with Crippen molar-refractivity contribution in [3.8, 4) is 11.5 Å². The molecule has 0 aromatic heterocycles. The Morgan fingerprint density at radius 3 is 2.67 bits per heavy atom. The van der Waals surface area contributed by atoms with Crippen LogP contribution in [-0.2, 0) is 11.2 Å². The van der Waals surface area contributed by atoms with Gasteiger partial charge in [0, 0.05) is 13.0 Å². The first-order valence-electron chi connectivity index (χ1n) is 7.82. The fourth-order valence-electron chi connectivity index (χ4n) is 2.87. The van der Waals surface area contributed by atoms with Crippen molar-refractivity contribution < 1.29 is 14.3 Å². The van der Waals surface area contributed by atoms with Crippen LogP contribution >= 0.6 is 0 Å².